The lowest BCUT2D eigenvalue weighted by Gasteiger charge is -1.93. The second-order valence-corrected chi connectivity index (χ2v) is 3.27. The van der Waals surface area contributed by atoms with Crippen molar-refractivity contribution in [2.45, 2.75) is 19.2 Å². The fourth-order valence-corrected chi connectivity index (χ4v) is 0.694. The first-order valence-electron chi connectivity index (χ1n) is 3.48. The van der Waals surface area contributed by atoms with Crippen LogP contribution < -0.4 is 5.73 Å². The van der Waals surface area contributed by atoms with Crippen LogP contribution in [0.25, 0.3) is 0 Å². The quantitative estimate of drug-likeness (QED) is 0.417. The Labute approximate surface area is 83.2 Å². The van der Waals surface area contributed by atoms with Crippen LogP contribution >= 0.6 is 23.2 Å². The summed E-state index contributed by atoms with van der Waals surface area (Å²) in [4.78, 5) is 0. The average molecular weight is 204 g/mol. The maximum Gasteiger partial charge on any atom is 0.102 e. The molecule has 1 unspecified atom stereocenters. The van der Waals surface area contributed by atoms with Crippen molar-refractivity contribution in [3.63, 3.8) is 0 Å². The third-order valence-electron chi connectivity index (χ3n) is 1.02. The molecular weight excluding hydrogens is 193 g/mol. The summed E-state index contributed by atoms with van der Waals surface area (Å²) in [5.74, 6) is 5.30. The van der Waals surface area contributed by atoms with Gasteiger partial charge >= 0.3 is 0 Å². The highest BCUT2D eigenvalue weighted by Gasteiger charge is 1.93. The minimum Gasteiger partial charge on any atom is -0.391 e. The minimum absolute atomic E-state index is 0.0545. The zero-order valence-electron chi connectivity index (χ0n) is 7.07. The van der Waals surface area contributed by atoms with Crippen LogP contribution in [0.3, 0.4) is 0 Å². The summed E-state index contributed by atoms with van der Waals surface area (Å²) < 4.78 is 0. The average Bonchev–Trinajstić information content (AvgIpc) is 2.00. The van der Waals surface area contributed by atoms with Crippen molar-refractivity contribution in [3.05, 3.63) is 22.9 Å². The maximum atomic E-state index is 5.76. The molecule has 0 spiro atoms. The van der Waals surface area contributed by atoms with Crippen LogP contribution in [0.15, 0.2) is 22.9 Å². The molecule has 3 heteroatoms. The summed E-state index contributed by atoms with van der Waals surface area (Å²) in [6, 6.07) is 0. The summed E-state index contributed by atoms with van der Waals surface area (Å²) in [5, 5.41) is 0.373. The van der Waals surface area contributed by atoms with Crippen molar-refractivity contribution in [3.8, 4) is 11.8 Å². The molecule has 0 heterocycles. The van der Waals surface area contributed by atoms with Crippen LogP contribution in [0.4, 0.5) is 0 Å². The van der Waals surface area contributed by atoms with Gasteiger partial charge < -0.3 is 5.73 Å². The van der Waals surface area contributed by atoms with E-state index >= 15 is 0 Å². The first-order chi connectivity index (χ1) is 5.57. The first kappa shape index (κ1) is 11.4. The predicted octanol–water partition coefficient (Wildman–Crippen LogP) is 2.60. The van der Waals surface area contributed by atoms with E-state index in [1.807, 2.05) is 6.92 Å². The van der Waals surface area contributed by atoms with Gasteiger partial charge in [-0.25, -0.2) is 0 Å². The Balaban J connectivity index is 4.43. The van der Waals surface area contributed by atoms with Crippen molar-refractivity contribution in [1.82, 2.24) is 0 Å². The lowest BCUT2D eigenvalue weighted by molar-refractivity contribution is 1.23. The molecule has 12 heavy (non-hydrogen) atoms. The van der Waals surface area contributed by atoms with Gasteiger partial charge in [0.15, 0.2) is 0 Å². The monoisotopic (exact) mass is 203 g/mol. The van der Waals surface area contributed by atoms with Crippen molar-refractivity contribution >= 4 is 23.2 Å². The molecule has 0 aliphatic carbocycles. The highest BCUT2D eigenvalue weighted by atomic mass is 35.5. The Kier molecular flexibility index (Phi) is 5.70. The van der Waals surface area contributed by atoms with E-state index < -0.39 is 0 Å². The third-order valence-corrected chi connectivity index (χ3v) is 1.50. The summed E-state index contributed by atoms with van der Waals surface area (Å²) in [6.45, 7) is 3.54. The Bertz CT molecular complexity index is 253. The number of hydrogen-bond donors (Lipinski definition) is 1. The van der Waals surface area contributed by atoms with Gasteiger partial charge in [-0.1, -0.05) is 23.6 Å². The molecule has 0 aliphatic heterocycles. The van der Waals surface area contributed by atoms with Gasteiger partial charge in [0.2, 0.25) is 0 Å². The summed E-state index contributed by atoms with van der Waals surface area (Å²) >= 11 is 11.4. The van der Waals surface area contributed by atoms with E-state index in [1.165, 1.54) is 0 Å². The molecule has 66 valence electrons. The highest BCUT2D eigenvalue weighted by Crippen LogP contribution is 2.08. The van der Waals surface area contributed by atoms with Crippen LogP contribution in [-0.4, -0.2) is 5.38 Å². The van der Waals surface area contributed by atoms with E-state index in [-0.39, 0.29) is 5.38 Å². The Morgan fingerprint density at radius 1 is 1.58 bits per heavy atom. The Morgan fingerprint density at radius 3 is 2.58 bits per heavy atom. The molecule has 0 aromatic carbocycles. The number of nitrogens with two attached hydrogens (primary N) is 1. The van der Waals surface area contributed by atoms with Crippen molar-refractivity contribution in [2.75, 3.05) is 0 Å². The van der Waals surface area contributed by atoms with Crippen LogP contribution in [-0.2, 0) is 0 Å². The molecule has 0 saturated heterocycles. The molecule has 0 amide bonds. The molecule has 1 nitrogen and oxygen atoms in total. The van der Waals surface area contributed by atoms with Gasteiger partial charge in [0, 0.05) is 5.38 Å². The molecule has 0 aromatic heterocycles. The van der Waals surface area contributed by atoms with Gasteiger partial charge in [-0.15, -0.1) is 11.6 Å². The molecule has 0 aliphatic rings. The second kappa shape index (κ2) is 5.99. The topological polar surface area (TPSA) is 26.0 Å². The van der Waals surface area contributed by atoms with E-state index in [2.05, 4.69) is 11.8 Å². The fraction of sp³-hybridized carbons (Fsp3) is 0.333. The van der Waals surface area contributed by atoms with Gasteiger partial charge in [-0.2, -0.15) is 0 Å². The number of alkyl halides is 1. The number of hydrogen-bond acceptors (Lipinski definition) is 1. The second-order valence-electron chi connectivity index (χ2n) is 2.17. The maximum absolute atomic E-state index is 5.76. The van der Waals surface area contributed by atoms with Gasteiger partial charge in [0.1, 0.15) is 5.70 Å². The molecule has 0 bridgehead atoms. The van der Waals surface area contributed by atoms with Gasteiger partial charge in [0.25, 0.3) is 0 Å². The Hall–Kier alpha value is -0.580. The SMILES string of the molecule is CC#C/C(N)=C(Cl)\C=C/C(C)Cl. The zero-order valence-corrected chi connectivity index (χ0v) is 8.58. The van der Waals surface area contributed by atoms with Gasteiger partial charge in [-0.05, 0) is 25.8 Å². The van der Waals surface area contributed by atoms with Crippen LogP contribution in [0.5, 0.6) is 0 Å². The van der Waals surface area contributed by atoms with E-state index in [9.17, 15) is 0 Å². The largest absolute Gasteiger partial charge is 0.391 e. The van der Waals surface area contributed by atoms with E-state index in [4.69, 9.17) is 28.9 Å². The standard InChI is InChI=1S/C9H11Cl2N/c1-3-4-9(12)8(11)6-5-7(2)10/h5-7H,12H2,1-2H3/b6-5-,9-8-. The number of halogens is 2. The summed E-state index contributed by atoms with van der Waals surface area (Å²) in [7, 11) is 0. The van der Waals surface area contributed by atoms with Crippen molar-refractivity contribution < 1.29 is 0 Å². The lowest BCUT2D eigenvalue weighted by Crippen LogP contribution is -1.95. The predicted molar refractivity (Wildman–Crippen MR) is 55.0 cm³/mol. The van der Waals surface area contributed by atoms with Crippen LogP contribution in [0, 0.1) is 11.8 Å². The van der Waals surface area contributed by atoms with E-state index in [1.54, 1.807) is 19.1 Å². The molecule has 0 rings (SSSR count). The van der Waals surface area contributed by atoms with E-state index in [0.29, 0.717) is 10.7 Å². The zero-order chi connectivity index (χ0) is 9.56. The number of rotatable bonds is 2. The molecule has 1 atom stereocenters. The molecule has 0 saturated carbocycles. The summed E-state index contributed by atoms with van der Waals surface area (Å²) in [6.07, 6.45) is 3.40. The third kappa shape index (κ3) is 5.12. The number of allylic oxidation sites excluding steroid dienone is 4. The van der Waals surface area contributed by atoms with E-state index in [0.717, 1.165) is 0 Å². The van der Waals surface area contributed by atoms with Gasteiger partial charge in [-0.3, -0.25) is 0 Å². The highest BCUT2D eigenvalue weighted by molar-refractivity contribution is 6.32. The molecule has 0 radical (unpaired) electrons. The minimum atomic E-state index is -0.0545. The molecule has 0 aromatic rings. The van der Waals surface area contributed by atoms with Crippen molar-refractivity contribution in [2.24, 2.45) is 5.73 Å². The molecular formula is C9H11Cl2N. The normalized spacial score (nSPS) is 15.0. The van der Waals surface area contributed by atoms with Crippen molar-refractivity contribution in [1.29, 1.82) is 0 Å². The van der Waals surface area contributed by atoms with Gasteiger partial charge in [0.05, 0.1) is 5.03 Å². The smallest absolute Gasteiger partial charge is 0.102 e. The molecule has 2 N–H and O–H groups in total. The fourth-order valence-electron chi connectivity index (χ4n) is 0.501. The first-order valence-corrected chi connectivity index (χ1v) is 4.29. The Morgan fingerprint density at radius 2 is 2.17 bits per heavy atom. The summed E-state index contributed by atoms with van der Waals surface area (Å²) in [5.41, 5.74) is 5.86. The lowest BCUT2D eigenvalue weighted by atomic mass is 10.3. The van der Waals surface area contributed by atoms with Crippen LogP contribution in [0.2, 0.25) is 0 Å². The molecule has 0 fully saturated rings. The van der Waals surface area contributed by atoms with Crippen LogP contribution in [0.1, 0.15) is 13.8 Å².